The maximum absolute atomic E-state index is 9.64. The lowest BCUT2D eigenvalue weighted by atomic mass is 9.95. The first-order chi connectivity index (χ1) is 12.7. The largest absolute Gasteiger partial charge is 0.508 e. The van der Waals surface area contributed by atoms with E-state index in [4.69, 9.17) is 4.74 Å². The van der Waals surface area contributed by atoms with Gasteiger partial charge in [-0.2, -0.15) is 0 Å². The summed E-state index contributed by atoms with van der Waals surface area (Å²) in [6, 6.07) is 8.21. The van der Waals surface area contributed by atoms with E-state index in [-0.39, 0.29) is 0 Å². The molecule has 5 nitrogen and oxygen atoms in total. The lowest BCUT2D eigenvalue weighted by molar-refractivity contribution is 0.132. The molecule has 5 heteroatoms. The Morgan fingerprint density at radius 3 is 2.77 bits per heavy atom. The van der Waals surface area contributed by atoms with Crippen molar-refractivity contribution in [2.75, 3.05) is 20.3 Å². The second-order valence-electron chi connectivity index (χ2n) is 7.08. The molecule has 0 amide bonds. The lowest BCUT2D eigenvalue weighted by Gasteiger charge is -2.35. The van der Waals surface area contributed by atoms with Crippen molar-refractivity contribution in [2.45, 2.75) is 51.1 Å². The summed E-state index contributed by atoms with van der Waals surface area (Å²) in [6.07, 6.45) is 10.6. The second kappa shape index (κ2) is 9.64. The Bertz CT molecular complexity index is 675. The van der Waals surface area contributed by atoms with E-state index in [1.807, 2.05) is 24.5 Å². The van der Waals surface area contributed by atoms with Gasteiger partial charge >= 0.3 is 0 Å². The smallest absolute Gasteiger partial charge is 0.130 e. The Morgan fingerprint density at radius 2 is 2.00 bits per heavy atom. The molecule has 1 aliphatic heterocycles. The van der Waals surface area contributed by atoms with Crippen LogP contribution in [0.5, 0.6) is 5.75 Å². The summed E-state index contributed by atoms with van der Waals surface area (Å²) in [5.74, 6) is 1.20. The van der Waals surface area contributed by atoms with Crippen molar-refractivity contribution >= 4 is 0 Å². The van der Waals surface area contributed by atoms with Crippen LogP contribution in [0.25, 0.3) is 0 Å². The van der Waals surface area contributed by atoms with Crippen molar-refractivity contribution in [2.24, 2.45) is 0 Å². The van der Waals surface area contributed by atoms with Crippen LogP contribution < -0.4 is 0 Å². The SMILES string of the molecule is COCCc1ncc(CN2CCCCC2CCc2cccc(O)c2)cn1. The van der Waals surface area contributed by atoms with Crippen LogP contribution >= 0.6 is 0 Å². The number of aryl methyl sites for hydroxylation is 1. The molecule has 1 atom stereocenters. The summed E-state index contributed by atoms with van der Waals surface area (Å²) in [6.45, 7) is 2.70. The van der Waals surface area contributed by atoms with Gasteiger partial charge in [0.25, 0.3) is 0 Å². The topological polar surface area (TPSA) is 58.5 Å². The maximum Gasteiger partial charge on any atom is 0.130 e. The third-order valence-corrected chi connectivity index (χ3v) is 5.10. The number of phenols is 1. The number of benzene rings is 1. The van der Waals surface area contributed by atoms with Gasteiger partial charge in [0.1, 0.15) is 11.6 Å². The molecule has 2 heterocycles. The van der Waals surface area contributed by atoms with Gasteiger partial charge in [-0.3, -0.25) is 4.90 Å². The molecule has 2 aromatic rings. The number of aromatic hydroxyl groups is 1. The molecule has 0 radical (unpaired) electrons. The van der Waals surface area contributed by atoms with Crippen molar-refractivity contribution < 1.29 is 9.84 Å². The van der Waals surface area contributed by atoms with Gasteiger partial charge in [0.05, 0.1) is 6.61 Å². The molecular formula is C21H29N3O2. The minimum absolute atomic E-state index is 0.355. The van der Waals surface area contributed by atoms with E-state index >= 15 is 0 Å². The standard InChI is InChI=1S/C21H29N3O2/c1-26-12-10-21-22-14-18(15-23-21)16-24-11-3-2-6-19(24)9-8-17-5-4-7-20(25)13-17/h4-5,7,13-15,19,25H,2-3,6,8-12,16H2,1H3. The van der Waals surface area contributed by atoms with E-state index in [0.717, 1.165) is 38.2 Å². The van der Waals surface area contributed by atoms with E-state index in [2.05, 4.69) is 20.9 Å². The molecular weight excluding hydrogens is 326 g/mol. The Kier molecular flexibility index (Phi) is 6.97. The van der Waals surface area contributed by atoms with Crippen LogP contribution in [0, 0.1) is 0 Å². The molecule has 1 aromatic heterocycles. The van der Waals surface area contributed by atoms with E-state index in [1.54, 1.807) is 13.2 Å². The highest BCUT2D eigenvalue weighted by molar-refractivity contribution is 5.27. The summed E-state index contributed by atoms with van der Waals surface area (Å²) in [5, 5.41) is 9.64. The molecule has 26 heavy (non-hydrogen) atoms. The molecule has 0 spiro atoms. The van der Waals surface area contributed by atoms with Gasteiger partial charge in [-0.25, -0.2) is 9.97 Å². The molecule has 1 unspecified atom stereocenters. The van der Waals surface area contributed by atoms with Gasteiger partial charge in [-0.05, 0) is 49.9 Å². The fourth-order valence-electron chi connectivity index (χ4n) is 3.66. The van der Waals surface area contributed by atoms with Crippen LogP contribution in [0.1, 0.15) is 42.6 Å². The highest BCUT2D eigenvalue weighted by Crippen LogP contribution is 2.24. The number of rotatable bonds is 8. The van der Waals surface area contributed by atoms with Crippen LogP contribution in [-0.4, -0.2) is 46.3 Å². The molecule has 3 rings (SSSR count). The highest BCUT2D eigenvalue weighted by atomic mass is 16.5. The van der Waals surface area contributed by atoms with Crippen molar-refractivity contribution in [1.29, 1.82) is 0 Å². The third kappa shape index (κ3) is 5.51. The van der Waals surface area contributed by atoms with Gasteiger partial charge in [-0.1, -0.05) is 18.6 Å². The van der Waals surface area contributed by atoms with E-state index in [9.17, 15) is 5.11 Å². The predicted octanol–water partition coefficient (Wildman–Crippen LogP) is 3.36. The van der Waals surface area contributed by atoms with Crippen LogP contribution in [0.3, 0.4) is 0 Å². The van der Waals surface area contributed by atoms with Gasteiger partial charge in [0.15, 0.2) is 0 Å². The molecule has 1 aromatic carbocycles. The second-order valence-corrected chi connectivity index (χ2v) is 7.08. The number of hydrogen-bond donors (Lipinski definition) is 1. The van der Waals surface area contributed by atoms with Crippen molar-refractivity contribution in [3.63, 3.8) is 0 Å². The highest BCUT2D eigenvalue weighted by Gasteiger charge is 2.22. The zero-order valence-electron chi connectivity index (χ0n) is 15.6. The molecule has 140 valence electrons. The van der Waals surface area contributed by atoms with Crippen molar-refractivity contribution in [1.82, 2.24) is 14.9 Å². The van der Waals surface area contributed by atoms with E-state index < -0.39 is 0 Å². The number of likely N-dealkylation sites (tertiary alicyclic amines) is 1. The summed E-state index contributed by atoms with van der Waals surface area (Å²) < 4.78 is 5.08. The molecule has 0 saturated carbocycles. The van der Waals surface area contributed by atoms with Gasteiger partial charge in [-0.15, -0.1) is 0 Å². The first kappa shape index (κ1) is 18.8. The van der Waals surface area contributed by atoms with E-state index in [1.165, 1.54) is 30.4 Å². The molecule has 1 aliphatic rings. The number of piperidine rings is 1. The van der Waals surface area contributed by atoms with Crippen LogP contribution in [0.4, 0.5) is 0 Å². The minimum Gasteiger partial charge on any atom is -0.508 e. The molecule has 0 bridgehead atoms. The zero-order chi connectivity index (χ0) is 18.2. The Morgan fingerprint density at radius 1 is 1.15 bits per heavy atom. The summed E-state index contributed by atoms with van der Waals surface area (Å²) in [7, 11) is 1.70. The number of aromatic nitrogens is 2. The number of ether oxygens (including phenoxy) is 1. The molecule has 1 N–H and O–H groups in total. The van der Waals surface area contributed by atoms with Crippen LogP contribution in [0.15, 0.2) is 36.7 Å². The third-order valence-electron chi connectivity index (χ3n) is 5.10. The first-order valence-corrected chi connectivity index (χ1v) is 9.55. The fourth-order valence-corrected chi connectivity index (χ4v) is 3.66. The number of hydrogen-bond acceptors (Lipinski definition) is 5. The molecule has 0 aliphatic carbocycles. The summed E-state index contributed by atoms with van der Waals surface area (Å²) in [5.41, 5.74) is 2.39. The quantitative estimate of drug-likeness (QED) is 0.787. The van der Waals surface area contributed by atoms with Gasteiger partial charge < -0.3 is 9.84 Å². The van der Waals surface area contributed by atoms with E-state index in [0.29, 0.717) is 18.4 Å². The fraction of sp³-hybridized carbons (Fsp3) is 0.524. The van der Waals surface area contributed by atoms with Gasteiger partial charge in [0.2, 0.25) is 0 Å². The lowest BCUT2D eigenvalue weighted by Crippen LogP contribution is -2.39. The molecule has 1 fully saturated rings. The number of phenolic OH excluding ortho intramolecular Hbond substituents is 1. The summed E-state index contributed by atoms with van der Waals surface area (Å²) >= 11 is 0. The van der Waals surface area contributed by atoms with Crippen molar-refractivity contribution in [3.8, 4) is 5.75 Å². The summed E-state index contributed by atoms with van der Waals surface area (Å²) in [4.78, 5) is 11.5. The average Bonchev–Trinajstić information content (AvgIpc) is 2.67. The minimum atomic E-state index is 0.355. The number of nitrogens with zero attached hydrogens (tertiary/aromatic N) is 3. The monoisotopic (exact) mass is 355 g/mol. The predicted molar refractivity (Wildman–Crippen MR) is 102 cm³/mol. The van der Waals surface area contributed by atoms with Crippen LogP contribution in [-0.2, 0) is 24.1 Å². The first-order valence-electron chi connectivity index (χ1n) is 9.55. The Balaban J connectivity index is 1.56. The van der Waals surface area contributed by atoms with Gasteiger partial charge in [0, 0.05) is 44.1 Å². The van der Waals surface area contributed by atoms with Crippen molar-refractivity contribution in [3.05, 3.63) is 53.6 Å². The zero-order valence-corrected chi connectivity index (χ0v) is 15.6. The maximum atomic E-state index is 9.64. The van der Waals surface area contributed by atoms with Crippen LogP contribution in [0.2, 0.25) is 0 Å². The normalized spacial score (nSPS) is 18.1. The number of methoxy groups -OCH3 is 1. The average molecular weight is 355 g/mol. The molecule has 1 saturated heterocycles. The Hall–Kier alpha value is -1.98. The Labute approximate surface area is 156 Å².